The number of esters is 3. The van der Waals surface area contributed by atoms with Crippen LogP contribution in [0, 0.1) is 0 Å². The van der Waals surface area contributed by atoms with Gasteiger partial charge >= 0.3 is 30.1 Å². The fourth-order valence-corrected chi connectivity index (χ4v) is 3.54. The van der Waals surface area contributed by atoms with Crippen molar-refractivity contribution in [3.63, 3.8) is 0 Å². The summed E-state index contributed by atoms with van der Waals surface area (Å²) < 4.78 is 25.5. The molecule has 0 aromatic heterocycles. The maximum absolute atomic E-state index is 12.2. The summed E-state index contributed by atoms with van der Waals surface area (Å²) in [6.45, 7) is 16.3. The zero-order valence-electron chi connectivity index (χ0n) is 23.9. The molecule has 13 nitrogen and oxygen atoms in total. The molecule has 0 radical (unpaired) electrons. The van der Waals surface area contributed by atoms with Gasteiger partial charge in [-0.25, -0.2) is 19.2 Å². The Bertz CT molecular complexity index is 849. The van der Waals surface area contributed by atoms with E-state index in [1.807, 2.05) is 13.8 Å². The van der Waals surface area contributed by atoms with Crippen molar-refractivity contribution in [2.75, 3.05) is 70.7 Å². The van der Waals surface area contributed by atoms with Gasteiger partial charge in [-0.3, -0.25) is 4.79 Å². The summed E-state index contributed by atoms with van der Waals surface area (Å²) in [6.07, 6.45) is -2.27. The Labute approximate surface area is 240 Å². The average molecular weight is 590 g/mol. The normalized spacial score (nSPS) is 11.1. The van der Waals surface area contributed by atoms with Gasteiger partial charge in [-0.1, -0.05) is 27.0 Å². The SMILES string of the molecule is C=C(C)C(=O)OCCNC(=O)OCC(CSCCC(=O)OCCN(CC)CC)OC(=O)NCCOC(=O)C(=C)C. The molecule has 40 heavy (non-hydrogen) atoms. The Kier molecular flexibility index (Phi) is 20.7. The number of carbonyl (C=O) groups excluding carboxylic acids is 5. The van der Waals surface area contributed by atoms with Crippen molar-refractivity contribution < 1.29 is 47.7 Å². The third-order valence-electron chi connectivity index (χ3n) is 4.90. The third-order valence-corrected chi connectivity index (χ3v) is 6.00. The van der Waals surface area contributed by atoms with E-state index >= 15 is 0 Å². The zero-order chi connectivity index (χ0) is 30.3. The molecule has 2 N–H and O–H groups in total. The molecule has 0 aliphatic carbocycles. The van der Waals surface area contributed by atoms with Crippen LogP contribution in [-0.2, 0) is 38.1 Å². The Morgan fingerprint density at radius 2 is 1.35 bits per heavy atom. The van der Waals surface area contributed by atoms with Crippen molar-refractivity contribution in [2.24, 2.45) is 0 Å². The first kappa shape index (κ1) is 36.7. The quantitative estimate of drug-likeness (QED) is 0.0870. The number of alkyl carbamates (subject to hydrolysis) is 2. The van der Waals surface area contributed by atoms with E-state index in [9.17, 15) is 24.0 Å². The second-order valence-corrected chi connectivity index (χ2v) is 9.53. The summed E-state index contributed by atoms with van der Waals surface area (Å²) in [6, 6.07) is 0. The minimum atomic E-state index is -0.839. The molecule has 2 amide bonds. The van der Waals surface area contributed by atoms with Crippen LogP contribution >= 0.6 is 11.8 Å². The van der Waals surface area contributed by atoms with Gasteiger partial charge in [-0.05, 0) is 26.9 Å². The van der Waals surface area contributed by atoms with E-state index in [0.29, 0.717) is 18.9 Å². The van der Waals surface area contributed by atoms with E-state index in [-0.39, 0.29) is 62.2 Å². The van der Waals surface area contributed by atoms with E-state index in [0.717, 1.165) is 13.1 Å². The number of thioether (sulfide) groups is 1. The van der Waals surface area contributed by atoms with Crippen molar-refractivity contribution in [2.45, 2.75) is 40.2 Å². The highest BCUT2D eigenvalue weighted by Crippen LogP contribution is 2.10. The number of carbonyl (C=O) groups is 5. The number of nitrogens with one attached hydrogen (secondary N) is 2. The highest BCUT2D eigenvalue weighted by Gasteiger charge is 2.18. The van der Waals surface area contributed by atoms with Crippen LogP contribution in [0.3, 0.4) is 0 Å². The van der Waals surface area contributed by atoms with Gasteiger partial charge in [0.15, 0.2) is 0 Å². The van der Waals surface area contributed by atoms with E-state index in [2.05, 4.69) is 28.7 Å². The Morgan fingerprint density at radius 3 is 1.88 bits per heavy atom. The molecule has 0 spiro atoms. The van der Waals surface area contributed by atoms with Crippen molar-refractivity contribution in [3.8, 4) is 0 Å². The molecule has 0 saturated heterocycles. The van der Waals surface area contributed by atoms with Gasteiger partial charge < -0.3 is 39.2 Å². The molecule has 0 aliphatic heterocycles. The lowest BCUT2D eigenvalue weighted by molar-refractivity contribution is -0.143. The molecular formula is C26H43N3O10S. The molecule has 14 heteroatoms. The summed E-state index contributed by atoms with van der Waals surface area (Å²) in [7, 11) is 0. The van der Waals surface area contributed by atoms with Gasteiger partial charge in [0.2, 0.25) is 0 Å². The molecule has 0 rings (SSSR count). The second-order valence-electron chi connectivity index (χ2n) is 8.38. The van der Waals surface area contributed by atoms with Crippen molar-refractivity contribution in [3.05, 3.63) is 24.3 Å². The van der Waals surface area contributed by atoms with Crippen LogP contribution in [0.4, 0.5) is 9.59 Å². The Hall–Kier alpha value is -3.26. The topological polar surface area (TPSA) is 159 Å². The fourth-order valence-electron chi connectivity index (χ4n) is 2.64. The highest BCUT2D eigenvalue weighted by molar-refractivity contribution is 7.99. The summed E-state index contributed by atoms with van der Waals surface area (Å²) in [5, 5.41) is 4.85. The third kappa shape index (κ3) is 19.8. The predicted octanol–water partition coefficient (Wildman–Crippen LogP) is 2.05. The van der Waals surface area contributed by atoms with Crippen molar-refractivity contribution in [1.82, 2.24) is 15.5 Å². The van der Waals surface area contributed by atoms with E-state index in [1.54, 1.807) is 0 Å². The number of amides is 2. The highest BCUT2D eigenvalue weighted by atomic mass is 32.2. The molecule has 0 aliphatic rings. The van der Waals surface area contributed by atoms with E-state index < -0.39 is 30.2 Å². The minimum Gasteiger partial charge on any atom is -0.464 e. The van der Waals surface area contributed by atoms with Gasteiger partial charge in [0.05, 0.1) is 19.5 Å². The van der Waals surface area contributed by atoms with Gasteiger partial charge in [0.1, 0.15) is 32.5 Å². The zero-order valence-corrected chi connectivity index (χ0v) is 24.7. The van der Waals surface area contributed by atoms with Crippen LogP contribution in [-0.4, -0.2) is 112 Å². The monoisotopic (exact) mass is 589 g/mol. The molecular weight excluding hydrogens is 546 g/mol. The molecule has 1 unspecified atom stereocenters. The average Bonchev–Trinajstić information content (AvgIpc) is 2.91. The lowest BCUT2D eigenvalue weighted by Gasteiger charge is -2.18. The number of likely N-dealkylation sites (N-methyl/N-ethyl adjacent to an activating group) is 1. The maximum Gasteiger partial charge on any atom is 0.407 e. The number of hydrogen-bond donors (Lipinski definition) is 2. The smallest absolute Gasteiger partial charge is 0.407 e. The van der Waals surface area contributed by atoms with Gasteiger partial charge in [-0.15, -0.1) is 0 Å². The number of rotatable bonds is 21. The minimum absolute atomic E-state index is 0.00128. The molecule has 0 aromatic carbocycles. The maximum atomic E-state index is 12.2. The van der Waals surface area contributed by atoms with Crippen molar-refractivity contribution >= 4 is 41.9 Å². The van der Waals surface area contributed by atoms with E-state index in [4.69, 9.17) is 23.7 Å². The van der Waals surface area contributed by atoms with Gasteiger partial charge in [-0.2, -0.15) is 11.8 Å². The first-order valence-electron chi connectivity index (χ1n) is 13.0. The molecule has 1 atom stereocenters. The summed E-state index contributed by atoms with van der Waals surface area (Å²) in [5.41, 5.74) is 0.470. The van der Waals surface area contributed by atoms with Gasteiger partial charge in [0.25, 0.3) is 0 Å². The van der Waals surface area contributed by atoms with Crippen LogP contribution < -0.4 is 10.6 Å². The fraction of sp³-hybridized carbons (Fsp3) is 0.654. The summed E-state index contributed by atoms with van der Waals surface area (Å²) in [5.74, 6) is -0.849. The Morgan fingerprint density at radius 1 is 0.800 bits per heavy atom. The largest absolute Gasteiger partial charge is 0.464 e. The van der Waals surface area contributed by atoms with Crippen LogP contribution in [0.15, 0.2) is 24.3 Å². The molecule has 0 aromatic rings. The lowest BCUT2D eigenvalue weighted by Crippen LogP contribution is -2.37. The van der Waals surface area contributed by atoms with Gasteiger partial charge in [0, 0.05) is 29.2 Å². The second kappa shape index (κ2) is 22.5. The van der Waals surface area contributed by atoms with Crippen LogP contribution in [0.5, 0.6) is 0 Å². The standard InChI is InChI=1S/C26H43N3O10S/c1-7-29(8-2)12-15-35-22(30)9-16-40-18-21(39-26(34)28-11-14-37-24(32)20(5)6)17-38-25(33)27-10-13-36-23(31)19(3)4/h21H,3,5,7-18H2,1-2,4,6H3,(H,27,33)(H,28,34). The number of hydrogen-bond acceptors (Lipinski definition) is 12. The number of nitrogens with zero attached hydrogens (tertiary/aromatic N) is 1. The molecule has 0 heterocycles. The Balaban J connectivity index is 4.58. The molecule has 0 bridgehead atoms. The molecule has 0 fully saturated rings. The molecule has 0 saturated carbocycles. The van der Waals surface area contributed by atoms with Crippen LogP contribution in [0.25, 0.3) is 0 Å². The summed E-state index contributed by atoms with van der Waals surface area (Å²) in [4.78, 5) is 61.0. The lowest BCUT2D eigenvalue weighted by atomic mass is 10.4. The summed E-state index contributed by atoms with van der Waals surface area (Å²) >= 11 is 1.32. The molecule has 228 valence electrons. The van der Waals surface area contributed by atoms with Crippen LogP contribution in [0.2, 0.25) is 0 Å². The predicted molar refractivity (Wildman–Crippen MR) is 150 cm³/mol. The first-order valence-corrected chi connectivity index (χ1v) is 14.1. The van der Waals surface area contributed by atoms with E-state index in [1.165, 1.54) is 25.6 Å². The van der Waals surface area contributed by atoms with Crippen molar-refractivity contribution in [1.29, 1.82) is 0 Å². The first-order chi connectivity index (χ1) is 19.0. The van der Waals surface area contributed by atoms with Crippen LogP contribution in [0.1, 0.15) is 34.1 Å². The number of ether oxygens (including phenoxy) is 5.